The van der Waals surface area contributed by atoms with E-state index in [0.29, 0.717) is 17.9 Å². The summed E-state index contributed by atoms with van der Waals surface area (Å²) in [6, 6.07) is 4.55. The van der Waals surface area contributed by atoms with Crippen molar-refractivity contribution in [1.29, 1.82) is 0 Å². The number of amides is 1. The van der Waals surface area contributed by atoms with E-state index in [9.17, 15) is 4.79 Å². The molecule has 0 bridgehead atoms. The van der Waals surface area contributed by atoms with E-state index in [-0.39, 0.29) is 5.91 Å². The lowest BCUT2D eigenvalue weighted by molar-refractivity contribution is 0.0776. The van der Waals surface area contributed by atoms with Gasteiger partial charge < -0.3 is 4.90 Å². The minimum Gasteiger partial charge on any atom is -0.337 e. The minimum absolute atomic E-state index is 0.0957. The molecule has 168 valence electrons. The zero-order valence-electron chi connectivity index (χ0n) is 19.0. The maximum atomic E-state index is 13.5. The Hall–Kier alpha value is -2.58. The van der Waals surface area contributed by atoms with Crippen molar-refractivity contribution in [1.82, 2.24) is 29.5 Å². The van der Waals surface area contributed by atoms with E-state index in [1.165, 1.54) is 0 Å². The van der Waals surface area contributed by atoms with Crippen LogP contribution < -0.4 is 0 Å². The van der Waals surface area contributed by atoms with Gasteiger partial charge in [-0.3, -0.25) is 9.69 Å². The van der Waals surface area contributed by atoms with Crippen molar-refractivity contribution in [3.05, 3.63) is 46.7 Å². The summed E-state index contributed by atoms with van der Waals surface area (Å²) in [4.78, 5) is 28.5. The third kappa shape index (κ3) is 3.86. The van der Waals surface area contributed by atoms with Crippen LogP contribution in [-0.4, -0.2) is 67.7 Å². The summed E-state index contributed by atoms with van der Waals surface area (Å²) < 4.78 is 1.80. The van der Waals surface area contributed by atoms with Gasteiger partial charge in [-0.1, -0.05) is 19.9 Å². The molecular formula is C24H30N6OS. The van der Waals surface area contributed by atoms with Crippen molar-refractivity contribution in [2.75, 3.05) is 26.2 Å². The normalized spacial score (nSPS) is 18.6. The Balaban J connectivity index is 1.46. The summed E-state index contributed by atoms with van der Waals surface area (Å²) in [6.45, 7) is 10.0. The first-order chi connectivity index (χ1) is 15.6. The molecule has 4 heterocycles. The summed E-state index contributed by atoms with van der Waals surface area (Å²) in [7, 11) is 0. The van der Waals surface area contributed by atoms with Crippen LogP contribution >= 0.6 is 11.3 Å². The number of likely N-dealkylation sites (N-methyl/N-ethyl adjacent to an activating group) is 1. The van der Waals surface area contributed by atoms with Gasteiger partial charge in [-0.05, 0) is 56.3 Å². The Morgan fingerprint density at radius 3 is 2.72 bits per heavy atom. The van der Waals surface area contributed by atoms with Crippen molar-refractivity contribution in [2.24, 2.45) is 0 Å². The lowest BCUT2D eigenvalue weighted by Crippen LogP contribution is -2.38. The molecule has 0 radical (unpaired) electrons. The number of likely N-dealkylation sites (tertiary alicyclic amines) is 1. The van der Waals surface area contributed by atoms with Crippen molar-refractivity contribution in [3.8, 4) is 16.5 Å². The van der Waals surface area contributed by atoms with Gasteiger partial charge in [0, 0.05) is 31.2 Å². The van der Waals surface area contributed by atoms with Crippen LogP contribution in [-0.2, 0) is 0 Å². The van der Waals surface area contributed by atoms with E-state index in [1.807, 2.05) is 24.1 Å². The van der Waals surface area contributed by atoms with Crippen LogP contribution in [0.3, 0.4) is 0 Å². The van der Waals surface area contributed by atoms with Crippen LogP contribution in [0.25, 0.3) is 16.5 Å². The Kier molecular flexibility index (Phi) is 5.82. The van der Waals surface area contributed by atoms with E-state index in [1.54, 1.807) is 22.2 Å². The fourth-order valence-corrected chi connectivity index (χ4v) is 5.54. The molecule has 32 heavy (non-hydrogen) atoms. The van der Waals surface area contributed by atoms with Gasteiger partial charge in [0.1, 0.15) is 0 Å². The van der Waals surface area contributed by atoms with Gasteiger partial charge in [0.15, 0.2) is 0 Å². The molecule has 3 aromatic heterocycles. The van der Waals surface area contributed by atoms with E-state index < -0.39 is 0 Å². The number of hydrogen-bond donors (Lipinski definition) is 0. The molecule has 0 aromatic carbocycles. The molecule has 1 saturated carbocycles. The molecule has 1 aliphatic heterocycles. The zero-order chi connectivity index (χ0) is 22.2. The molecule has 8 heteroatoms. The second-order valence-corrected chi connectivity index (χ2v) is 9.67. The van der Waals surface area contributed by atoms with Crippen LogP contribution in [0.4, 0.5) is 0 Å². The fraction of sp³-hybridized carbons (Fsp3) is 0.500. The summed E-state index contributed by atoms with van der Waals surface area (Å²) in [5, 5.41) is 6.67. The molecule has 7 nitrogen and oxygen atoms in total. The van der Waals surface area contributed by atoms with Crippen LogP contribution in [0.2, 0.25) is 0 Å². The average molecular weight is 451 g/mol. The van der Waals surface area contributed by atoms with E-state index in [2.05, 4.69) is 40.3 Å². The van der Waals surface area contributed by atoms with E-state index in [0.717, 1.165) is 72.8 Å². The third-order valence-corrected chi connectivity index (χ3v) is 7.56. The molecule has 1 amide bonds. The molecule has 1 saturated heterocycles. The highest BCUT2D eigenvalue weighted by Gasteiger charge is 2.37. The van der Waals surface area contributed by atoms with Crippen molar-refractivity contribution in [3.63, 3.8) is 0 Å². The lowest BCUT2D eigenvalue weighted by Gasteiger charge is -2.26. The fourth-order valence-electron chi connectivity index (χ4n) is 4.76. The van der Waals surface area contributed by atoms with Gasteiger partial charge in [-0.25, -0.2) is 14.6 Å². The summed E-state index contributed by atoms with van der Waals surface area (Å²) >= 11 is 1.67. The second-order valence-electron chi connectivity index (χ2n) is 8.72. The Bertz CT molecular complexity index is 1100. The maximum Gasteiger partial charge on any atom is 0.257 e. The van der Waals surface area contributed by atoms with Gasteiger partial charge in [0.2, 0.25) is 0 Å². The van der Waals surface area contributed by atoms with Crippen molar-refractivity contribution >= 4 is 17.2 Å². The van der Waals surface area contributed by atoms with Gasteiger partial charge >= 0.3 is 0 Å². The van der Waals surface area contributed by atoms with Gasteiger partial charge in [0.25, 0.3) is 11.9 Å². The highest BCUT2D eigenvalue weighted by Crippen LogP contribution is 2.43. The Labute approximate surface area is 193 Å². The van der Waals surface area contributed by atoms with Crippen LogP contribution in [0, 0.1) is 6.92 Å². The van der Waals surface area contributed by atoms with Gasteiger partial charge in [-0.15, -0.1) is 11.3 Å². The molecule has 2 fully saturated rings. The molecule has 1 aliphatic carbocycles. The maximum absolute atomic E-state index is 13.5. The number of thiophene rings is 1. The Morgan fingerprint density at radius 2 is 2.03 bits per heavy atom. The van der Waals surface area contributed by atoms with Crippen LogP contribution in [0.5, 0.6) is 0 Å². The molecule has 2 aliphatic rings. The minimum atomic E-state index is 0.0957. The number of rotatable bonds is 7. The third-order valence-electron chi connectivity index (χ3n) is 6.68. The molecule has 1 atom stereocenters. The average Bonchev–Trinajstić information content (AvgIpc) is 3.22. The Morgan fingerprint density at radius 1 is 1.22 bits per heavy atom. The molecule has 0 N–H and O–H groups in total. The number of aromatic nitrogens is 4. The predicted octanol–water partition coefficient (Wildman–Crippen LogP) is 4.13. The number of aryl methyl sites for hydroxylation is 1. The summed E-state index contributed by atoms with van der Waals surface area (Å²) in [6.07, 6.45) is 6.78. The zero-order valence-corrected chi connectivity index (χ0v) is 19.8. The van der Waals surface area contributed by atoms with Crippen LogP contribution in [0.1, 0.15) is 60.6 Å². The van der Waals surface area contributed by atoms with Crippen molar-refractivity contribution < 1.29 is 4.79 Å². The highest BCUT2D eigenvalue weighted by molar-refractivity contribution is 7.13. The first kappa shape index (κ1) is 21.3. The number of hydrogen-bond acceptors (Lipinski definition) is 6. The van der Waals surface area contributed by atoms with Gasteiger partial charge in [0.05, 0.1) is 28.0 Å². The summed E-state index contributed by atoms with van der Waals surface area (Å²) in [5.41, 5.74) is 3.65. The smallest absolute Gasteiger partial charge is 0.257 e. The largest absolute Gasteiger partial charge is 0.337 e. The number of carbonyl (C=O) groups is 1. The molecular weight excluding hydrogens is 420 g/mol. The second kappa shape index (κ2) is 8.75. The quantitative estimate of drug-likeness (QED) is 0.541. The van der Waals surface area contributed by atoms with E-state index in [4.69, 9.17) is 4.98 Å². The predicted molar refractivity (Wildman–Crippen MR) is 126 cm³/mol. The molecule has 0 unspecified atom stereocenters. The molecule has 5 rings (SSSR count). The first-order valence-corrected chi connectivity index (χ1v) is 12.5. The first-order valence-electron chi connectivity index (χ1n) is 11.6. The lowest BCUT2D eigenvalue weighted by atomic mass is 10.1. The summed E-state index contributed by atoms with van der Waals surface area (Å²) in [5.74, 6) is 0.994. The number of nitrogens with zero attached hydrogens (tertiary/aromatic N) is 6. The topological polar surface area (TPSA) is 67.2 Å². The van der Waals surface area contributed by atoms with Gasteiger partial charge in [-0.2, -0.15) is 5.10 Å². The SMILES string of the molecule is CCN(CC)[C@@H]1CCN(C(=O)c2cnn(-c3ncc(C)c(-c4cccs4)n3)c2C2CC2)C1. The van der Waals surface area contributed by atoms with E-state index >= 15 is 0 Å². The monoisotopic (exact) mass is 450 g/mol. The van der Waals surface area contributed by atoms with Crippen LogP contribution in [0.15, 0.2) is 29.9 Å². The molecule has 3 aromatic rings. The van der Waals surface area contributed by atoms with Crippen molar-refractivity contribution in [2.45, 2.75) is 52.0 Å². The molecule has 0 spiro atoms. The standard InChI is InChI=1S/C24H30N6OS/c1-4-28(5-2)18-10-11-29(15-18)23(31)19-14-26-30(22(19)17-8-9-17)24-25-13-16(3)21(27-24)20-7-6-12-32-20/h6-7,12-14,17-18H,4-5,8-11,15H2,1-3H3/t18-/m1/s1. The number of carbonyl (C=O) groups excluding carboxylic acids is 1. The highest BCUT2D eigenvalue weighted by atomic mass is 32.1.